The Kier molecular flexibility index (Phi) is 4.70. The van der Waals surface area contributed by atoms with Crippen molar-refractivity contribution in [2.75, 3.05) is 12.4 Å². The smallest absolute Gasteiger partial charge is 0.388 e. The van der Waals surface area contributed by atoms with Crippen LogP contribution in [0.3, 0.4) is 0 Å². The summed E-state index contributed by atoms with van der Waals surface area (Å²) in [6.45, 7) is 3.69. The Balaban J connectivity index is 0.00000200. The van der Waals surface area contributed by atoms with Crippen LogP contribution in [-0.2, 0) is 6.18 Å². The van der Waals surface area contributed by atoms with Crippen LogP contribution >= 0.6 is 12.4 Å². The number of nitrogens with one attached hydrogen (secondary N) is 1. The third-order valence-electron chi connectivity index (χ3n) is 2.92. The van der Waals surface area contributed by atoms with Crippen LogP contribution in [0, 0.1) is 13.8 Å². The van der Waals surface area contributed by atoms with Crippen LogP contribution in [0.15, 0.2) is 24.5 Å². The van der Waals surface area contributed by atoms with Gasteiger partial charge in [-0.2, -0.15) is 18.3 Å². The molecule has 0 saturated carbocycles. The summed E-state index contributed by atoms with van der Waals surface area (Å²) in [7, 11) is 1.80. The van der Waals surface area contributed by atoms with Crippen LogP contribution in [0.1, 0.15) is 16.7 Å². The molecule has 1 N–H and O–H groups in total. The first-order valence-corrected chi connectivity index (χ1v) is 5.74. The van der Waals surface area contributed by atoms with Gasteiger partial charge >= 0.3 is 6.18 Å². The monoisotopic (exact) mass is 305 g/mol. The Labute approximate surface area is 121 Å². The lowest BCUT2D eigenvalue weighted by Crippen LogP contribution is -2.04. The first-order valence-electron chi connectivity index (χ1n) is 5.74. The zero-order valence-electron chi connectivity index (χ0n) is 11.2. The summed E-state index contributed by atoms with van der Waals surface area (Å²) in [6, 6.07) is 3.74. The summed E-state index contributed by atoms with van der Waals surface area (Å²) < 4.78 is 39.0. The second-order valence-corrected chi connectivity index (χ2v) is 4.38. The highest BCUT2D eigenvalue weighted by Gasteiger charge is 2.32. The molecule has 0 fully saturated rings. The predicted octanol–water partition coefficient (Wildman–Crippen LogP) is 3.97. The number of anilines is 1. The zero-order valence-corrected chi connectivity index (χ0v) is 12.1. The fraction of sp³-hybridized carbons (Fsp3) is 0.308. The SMILES string of the molecule is CNc1cc(C)c(-n2cc(C(F)(F)F)cn2)c(C)c1.Cl. The van der Waals surface area contributed by atoms with E-state index in [4.69, 9.17) is 0 Å². The second kappa shape index (κ2) is 5.75. The Bertz CT molecular complexity index is 582. The van der Waals surface area contributed by atoms with Gasteiger partial charge in [0.2, 0.25) is 0 Å². The molecule has 0 radical (unpaired) electrons. The van der Waals surface area contributed by atoms with Crippen molar-refractivity contribution in [3.05, 3.63) is 41.2 Å². The van der Waals surface area contributed by atoms with E-state index >= 15 is 0 Å². The van der Waals surface area contributed by atoms with Gasteiger partial charge in [0.25, 0.3) is 0 Å². The summed E-state index contributed by atoms with van der Waals surface area (Å²) >= 11 is 0. The minimum absolute atomic E-state index is 0. The highest BCUT2D eigenvalue weighted by Crippen LogP contribution is 2.30. The third-order valence-corrected chi connectivity index (χ3v) is 2.92. The van der Waals surface area contributed by atoms with E-state index in [1.54, 1.807) is 7.05 Å². The maximum Gasteiger partial charge on any atom is 0.419 e. The molecule has 0 saturated heterocycles. The van der Waals surface area contributed by atoms with E-state index in [1.807, 2.05) is 26.0 Å². The van der Waals surface area contributed by atoms with E-state index in [0.29, 0.717) is 5.69 Å². The zero-order chi connectivity index (χ0) is 14.2. The molecule has 0 aliphatic heterocycles. The molecule has 110 valence electrons. The molecule has 0 aliphatic carbocycles. The van der Waals surface area contributed by atoms with Crippen molar-refractivity contribution in [2.24, 2.45) is 0 Å². The molecule has 0 bridgehead atoms. The summed E-state index contributed by atoms with van der Waals surface area (Å²) in [6.07, 6.45) is -2.52. The summed E-state index contributed by atoms with van der Waals surface area (Å²) in [5.74, 6) is 0. The van der Waals surface area contributed by atoms with Crippen LogP contribution in [0.2, 0.25) is 0 Å². The summed E-state index contributed by atoms with van der Waals surface area (Å²) in [5.41, 5.74) is 2.57. The average Bonchev–Trinajstić information content (AvgIpc) is 2.76. The first-order chi connectivity index (χ1) is 8.82. The molecule has 1 heterocycles. The van der Waals surface area contributed by atoms with Crippen molar-refractivity contribution in [1.82, 2.24) is 9.78 Å². The predicted molar refractivity (Wildman–Crippen MR) is 74.8 cm³/mol. The highest BCUT2D eigenvalue weighted by molar-refractivity contribution is 5.85. The number of hydrogen-bond acceptors (Lipinski definition) is 2. The number of aromatic nitrogens is 2. The number of nitrogens with zero attached hydrogens (tertiary/aromatic N) is 2. The second-order valence-electron chi connectivity index (χ2n) is 4.38. The Morgan fingerprint density at radius 1 is 1.15 bits per heavy atom. The van der Waals surface area contributed by atoms with Gasteiger partial charge in [0.15, 0.2) is 0 Å². The third kappa shape index (κ3) is 3.07. The van der Waals surface area contributed by atoms with E-state index in [0.717, 1.165) is 29.2 Å². The summed E-state index contributed by atoms with van der Waals surface area (Å²) in [4.78, 5) is 0. The molecule has 20 heavy (non-hydrogen) atoms. The molecular formula is C13H15ClF3N3. The number of alkyl halides is 3. The van der Waals surface area contributed by atoms with E-state index in [-0.39, 0.29) is 12.4 Å². The molecule has 7 heteroatoms. The van der Waals surface area contributed by atoms with Crippen molar-refractivity contribution >= 4 is 18.1 Å². The molecule has 0 amide bonds. The van der Waals surface area contributed by atoms with Crippen molar-refractivity contribution in [3.63, 3.8) is 0 Å². The number of benzene rings is 1. The van der Waals surface area contributed by atoms with Gasteiger partial charge in [-0.1, -0.05) is 0 Å². The van der Waals surface area contributed by atoms with Crippen molar-refractivity contribution in [2.45, 2.75) is 20.0 Å². The van der Waals surface area contributed by atoms with Crippen molar-refractivity contribution < 1.29 is 13.2 Å². The fourth-order valence-corrected chi connectivity index (χ4v) is 2.05. The maximum absolute atomic E-state index is 12.6. The normalized spacial score (nSPS) is 11.1. The molecule has 0 spiro atoms. The minimum Gasteiger partial charge on any atom is -0.388 e. The van der Waals surface area contributed by atoms with Crippen LogP contribution < -0.4 is 5.32 Å². The highest BCUT2D eigenvalue weighted by atomic mass is 35.5. The average molecular weight is 306 g/mol. The van der Waals surface area contributed by atoms with Crippen LogP contribution in [0.25, 0.3) is 5.69 Å². The lowest BCUT2D eigenvalue weighted by atomic mass is 10.1. The van der Waals surface area contributed by atoms with Gasteiger partial charge in [-0.3, -0.25) is 0 Å². The number of hydrogen-bond donors (Lipinski definition) is 1. The molecule has 0 unspecified atom stereocenters. The van der Waals surface area contributed by atoms with E-state index < -0.39 is 11.7 Å². The van der Waals surface area contributed by atoms with Crippen molar-refractivity contribution in [1.29, 1.82) is 0 Å². The largest absolute Gasteiger partial charge is 0.419 e. The molecule has 3 nitrogen and oxygen atoms in total. The lowest BCUT2D eigenvalue weighted by Gasteiger charge is -2.12. The fourth-order valence-electron chi connectivity index (χ4n) is 2.05. The maximum atomic E-state index is 12.6. The molecule has 2 rings (SSSR count). The molecule has 2 aromatic rings. The quantitative estimate of drug-likeness (QED) is 0.910. The van der Waals surface area contributed by atoms with E-state index in [1.165, 1.54) is 4.68 Å². The lowest BCUT2D eigenvalue weighted by molar-refractivity contribution is -0.137. The molecule has 1 aromatic heterocycles. The van der Waals surface area contributed by atoms with Crippen LogP contribution in [0.4, 0.5) is 18.9 Å². The number of halogens is 4. The van der Waals surface area contributed by atoms with Crippen LogP contribution in [-0.4, -0.2) is 16.8 Å². The Morgan fingerprint density at radius 3 is 2.10 bits per heavy atom. The van der Waals surface area contributed by atoms with Gasteiger partial charge < -0.3 is 5.32 Å². The molecule has 0 atom stereocenters. The van der Waals surface area contributed by atoms with Crippen LogP contribution in [0.5, 0.6) is 0 Å². The van der Waals surface area contributed by atoms with E-state index in [9.17, 15) is 13.2 Å². The van der Waals surface area contributed by atoms with Gasteiger partial charge in [-0.25, -0.2) is 4.68 Å². The Hall–Kier alpha value is -1.69. The first kappa shape index (κ1) is 16.4. The molecule has 0 aliphatic rings. The van der Waals surface area contributed by atoms with Gasteiger partial charge in [-0.15, -0.1) is 12.4 Å². The summed E-state index contributed by atoms with van der Waals surface area (Å²) in [5, 5.41) is 6.81. The van der Waals surface area contributed by atoms with Gasteiger partial charge in [0, 0.05) is 18.9 Å². The van der Waals surface area contributed by atoms with Gasteiger partial charge in [0.05, 0.1) is 17.4 Å². The minimum atomic E-state index is -4.37. The molecule has 1 aromatic carbocycles. The topological polar surface area (TPSA) is 29.9 Å². The van der Waals surface area contributed by atoms with Gasteiger partial charge in [-0.05, 0) is 37.1 Å². The van der Waals surface area contributed by atoms with E-state index in [2.05, 4.69) is 10.4 Å². The number of rotatable bonds is 2. The van der Waals surface area contributed by atoms with Gasteiger partial charge in [0.1, 0.15) is 0 Å². The Morgan fingerprint density at radius 2 is 1.70 bits per heavy atom. The standard InChI is InChI=1S/C13H14F3N3.ClH/c1-8-4-11(17-3)5-9(2)12(8)19-7-10(6-18-19)13(14,15)16;/h4-7,17H,1-3H3;1H. The molecular weight excluding hydrogens is 291 g/mol. The van der Waals surface area contributed by atoms with Crippen molar-refractivity contribution in [3.8, 4) is 5.69 Å². The number of aryl methyl sites for hydroxylation is 2.